The lowest BCUT2D eigenvalue weighted by Gasteiger charge is -2.31. The van der Waals surface area contributed by atoms with Crippen LogP contribution in [0.3, 0.4) is 0 Å². The van der Waals surface area contributed by atoms with Crippen molar-refractivity contribution >= 4 is 28.6 Å². The van der Waals surface area contributed by atoms with Gasteiger partial charge in [-0.25, -0.2) is 14.6 Å². The monoisotopic (exact) mass is 604 g/mol. The van der Waals surface area contributed by atoms with Crippen LogP contribution in [0.1, 0.15) is 48.6 Å². The number of hydrogen-bond acceptors (Lipinski definition) is 6. The molecule has 0 fully saturated rings. The van der Waals surface area contributed by atoms with Crippen molar-refractivity contribution in [2.75, 3.05) is 25.1 Å². The van der Waals surface area contributed by atoms with Crippen LogP contribution in [0, 0.1) is 0 Å². The van der Waals surface area contributed by atoms with Gasteiger partial charge in [0.25, 0.3) is 5.56 Å². The van der Waals surface area contributed by atoms with Gasteiger partial charge in [0.2, 0.25) is 0 Å². The van der Waals surface area contributed by atoms with Crippen molar-refractivity contribution in [2.45, 2.75) is 33.2 Å². The molecule has 0 saturated heterocycles. The Morgan fingerprint density at radius 2 is 1.56 bits per heavy atom. The van der Waals surface area contributed by atoms with Gasteiger partial charge in [-0.1, -0.05) is 42.5 Å². The molecule has 1 heterocycles. The number of urea groups is 1. The Morgan fingerprint density at radius 1 is 0.867 bits per heavy atom. The topological polar surface area (TPSA) is 103 Å². The van der Waals surface area contributed by atoms with E-state index in [0.29, 0.717) is 59.0 Å². The van der Waals surface area contributed by atoms with Crippen molar-refractivity contribution in [3.63, 3.8) is 0 Å². The average molecular weight is 605 g/mol. The molecule has 0 saturated carbocycles. The Labute approximate surface area is 262 Å². The third-order valence-corrected chi connectivity index (χ3v) is 7.44. The summed E-state index contributed by atoms with van der Waals surface area (Å²) in [6.07, 6.45) is 0.585. The second-order valence-corrected chi connectivity index (χ2v) is 10.4. The quantitative estimate of drug-likeness (QED) is 0.166. The first kappa shape index (κ1) is 31.0. The van der Waals surface area contributed by atoms with Crippen LogP contribution in [0.5, 0.6) is 5.75 Å². The van der Waals surface area contributed by atoms with E-state index in [9.17, 15) is 14.4 Å². The van der Waals surface area contributed by atoms with Crippen molar-refractivity contribution in [1.82, 2.24) is 14.5 Å². The summed E-state index contributed by atoms with van der Waals surface area (Å²) in [5.41, 5.74) is 2.90. The van der Waals surface area contributed by atoms with E-state index in [1.54, 1.807) is 52.8 Å². The smallest absolute Gasteiger partial charge is 0.338 e. The highest BCUT2D eigenvalue weighted by molar-refractivity contribution is 5.92. The number of aromatic nitrogens is 2. The van der Waals surface area contributed by atoms with Gasteiger partial charge in [0, 0.05) is 12.2 Å². The van der Waals surface area contributed by atoms with E-state index in [-0.39, 0.29) is 18.2 Å². The number of benzene rings is 4. The summed E-state index contributed by atoms with van der Waals surface area (Å²) in [7, 11) is 0. The first-order valence-corrected chi connectivity index (χ1v) is 15.0. The lowest BCUT2D eigenvalue weighted by atomic mass is 10.1. The van der Waals surface area contributed by atoms with Crippen molar-refractivity contribution in [1.29, 1.82) is 0 Å². The molecule has 9 heteroatoms. The van der Waals surface area contributed by atoms with Crippen LogP contribution in [0.4, 0.5) is 10.5 Å². The molecule has 0 radical (unpaired) electrons. The highest BCUT2D eigenvalue weighted by atomic mass is 16.5. The number of rotatable bonds is 11. The van der Waals surface area contributed by atoms with Gasteiger partial charge in [0.05, 0.1) is 41.4 Å². The first-order valence-electron chi connectivity index (χ1n) is 15.0. The maximum absolute atomic E-state index is 14.0. The molecule has 5 aromatic rings. The summed E-state index contributed by atoms with van der Waals surface area (Å²) in [4.78, 5) is 46.7. The van der Waals surface area contributed by atoms with Crippen LogP contribution < -0.4 is 15.6 Å². The molecule has 1 atom stereocenters. The minimum atomic E-state index is -0.614. The fourth-order valence-corrected chi connectivity index (χ4v) is 5.14. The van der Waals surface area contributed by atoms with E-state index in [1.807, 2.05) is 80.6 Å². The molecular formula is C36H36N4O5. The molecule has 0 spiro atoms. The molecule has 0 aliphatic rings. The third-order valence-electron chi connectivity index (χ3n) is 7.44. The Morgan fingerprint density at radius 3 is 2.24 bits per heavy atom. The molecule has 230 valence electrons. The number of amides is 2. The number of para-hydroxylation sites is 1. The normalized spacial score (nSPS) is 11.5. The van der Waals surface area contributed by atoms with Crippen molar-refractivity contribution < 1.29 is 19.1 Å². The van der Waals surface area contributed by atoms with Crippen molar-refractivity contribution in [2.24, 2.45) is 0 Å². The second-order valence-electron chi connectivity index (χ2n) is 10.4. The van der Waals surface area contributed by atoms with Gasteiger partial charge in [0.1, 0.15) is 11.6 Å². The van der Waals surface area contributed by atoms with Crippen LogP contribution in [-0.4, -0.2) is 46.2 Å². The van der Waals surface area contributed by atoms with E-state index in [0.717, 1.165) is 5.56 Å². The van der Waals surface area contributed by atoms with Crippen LogP contribution >= 0.6 is 0 Å². The molecular weight excluding hydrogens is 568 g/mol. The van der Waals surface area contributed by atoms with Crippen LogP contribution in [0.15, 0.2) is 108 Å². The summed E-state index contributed by atoms with van der Waals surface area (Å²) in [5.74, 6) is 0.683. The first-order chi connectivity index (χ1) is 21.9. The Bertz CT molecular complexity index is 1820. The number of nitrogens with one attached hydrogen (secondary N) is 1. The number of carbonyl (C=O) groups excluding carboxylic acids is 2. The molecule has 0 aliphatic heterocycles. The number of carbonyl (C=O) groups is 2. The zero-order chi connectivity index (χ0) is 31.8. The van der Waals surface area contributed by atoms with Gasteiger partial charge in [0.15, 0.2) is 0 Å². The van der Waals surface area contributed by atoms with Gasteiger partial charge in [-0.3, -0.25) is 9.36 Å². The highest BCUT2D eigenvalue weighted by Gasteiger charge is 2.27. The minimum absolute atomic E-state index is 0.232. The standard InChI is InChI=1S/C36H36N4O5/c1-4-44-30-21-19-29(20-22-30)40-33(38-32-14-10-9-13-31(32)34(40)41)25(3)39(24-23-26-11-7-6-8-12-26)36(43)37-28-17-15-27(16-18-28)35(42)45-5-2/h6-22,25H,4-5,23-24H2,1-3H3,(H,37,43). The van der Waals surface area contributed by atoms with Gasteiger partial charge in [-0.2, -0.15) is 0 Å². The molecule has 45 heavy (non-hydrogen) atoms. The zero-order valence-corrected chi connectivity index (χ0v) is 25.6. The summed E-state index contributed by atoms with van der Waals surface area (Å²) < 4.78 is 12.3. The number of nitrogens with zero attached hydrogens (tertiary/aromatic N) is 3. The van der Waals surface area contributed by atoms with Gasteiger partial charge < -0.3 is 19.7 Å². The maximum atomic E-state index is 14.0. The third kappa shape index (κ3) is 7.21. The van der Waals surface area contributed by atoms with Crippen molar-refractivity contribution in [3.8, 4) is 11.4 Å². The number of fused-ring (bicyclic) bond motifs is 1. The zero-order valence-electron chi connectivity index (χ0n) is 25.6. The van der Waals surface area contributed by atoms with Crippen LogP contribution in [-0.2, 0) is 11.2 Å². The molecule has 5 rings (SSSR count). The van der Waals surface area contributed by atoms with Gasteiger partial charge >= 0.3 is 12.0 Å². The SMILES string of the molecule is CCOC(=O)c1ccc(NC(=O)N(CCc2ccccc2)C(C)c2nc3ccccc3c(=O)n2-c2ccc(OCC)cc2)cc1. The molecule has 0 bridgehead atoms. The fraction of sp³-hybridized carbons (Fsp3) is 0.222. The number of hydrogen-bond donors (Lipinski definition) is 1. The highest BCUT2D eigenvalue weighted by Crippen LogP contribution is 2.25. The van der Waals surface area contributed by atoms with Gasteiger partial charge in [-0.15, -0.1) is 0 Å². The fourth-order valence-electron chi connectivity index (χ4n) is 5.14. The van der Waals surface area contributed by atoms with Gasteiger partial charge in [-0.05, 0) is 93.4 Å². The summed E-state index contributed by atoms with van der Waals surface area (Å²) in [6, 6.07) is 29.9. The van der Waals surface area contributed by atoms with E-state index < -0.39 is 12.0 Å². The lowest BCUT2D eigenvalue weighted by molar-refractivity contribution is 0.0526. The van der Waals surface area contributed by atoms with Crippen molar-refractivity contribution in [3.05, 3.63) is 130 Å². The predicted molar refractivity (Wildman–Crippen MR) is 175 cm³/mol. The Hall–Kier alpha value is -5.44. The summed E-state index contributed by atoms with van der Waals surface area (Å²) in [6.45, 7) is 6.68. The predicted octanol–water partition coefficient (Wildman–Crippen LogP) is 6.80. The Balaban J connectivity index is 1.54. The Kier molecular flexibility index (Phi) is 9.89. The summed E-state index contributed by atoms with van der Waals surface area (Å²) in [5, 5.41) is 3.44. The van der Waals surface area contributed by atoms with Crippen LogP contribution in [0.2, 0.25) is 0 Å². The molecule has 1 N–H and O–H groups in total. The molecule has 4 aromatic carbocycles. The summed E-state index contributed by atoms with van der Waals surface area (Å²) >= 11 is 0. The largest absolute Gasteiger partial charge is 0.494 e. The molecule has 2 amide bonds. The van der Waals surface area contributed by atoms with E-state index >= 15 is 0 Å². The van der Waals surface area contributed by atoms with E-state index in [2.05, 4.69) is 5.32 Å². The second kappa shape index (κ2) is 14.4. The van der Waals surface area contributed by atoms with Crippen LogP contribution in [0.25, 0.3) is 16.6 Å². The van der Waals surface area contributed by atoms with E-state index in [4.69, 9.17) is 14.5 Å². The number of esters is 1. The molecule has 9 nitrogen and oxygen atoms in total. The molecule has 0 aliphatic carbocycles. The number of anilines is 1. The average Bonchev–Trinajstić information content (AvgIpc) is 3.06. The minimum Gasteiger partial charge on any atom is -0.494 e. The molecule has 1 unspecified atom stereocenters. The van der Waals surface area contributed by atoms with E-state index in [1.165, 1.54) is 0 Å². The molecule has 1 aromatic heterocycles. The maximum Gasteiger partial charge on any atom is 0.338 e. The number of ether oxygens (including phenoxy) is 2. The lowest BCUT2D eigenvalue weighted by Crippen LogP contribution is -2.41.